The summed E-state index contributed by atoms with van der Waals surface area (Å²) in [7, 11) is 4.17. The van der Waals surface area contributed by atoms with Crippen molar-refractivity contribution in [2.75, 3.05) is 33.9 Å². The van der Waals surface area contributed by atoms with Crippen molar-refractivity contribution in [3.05, 3.63) is 0 Å². The molecule has 1 aliphatic rings. The molecule has 0 saturated carbocycles. The van der Waals surface area contributed by atoms with E-state index in [2.05, 4.69) is 32.8 Å². The molecular formula is C11H23NO2. The van der Waals surface area contributed by atoms with Crippen LogP contribution in [0, 0.1) is 11.3 Å². The van der Waals surface area contributed by atoms with Gasteiger partial charge in [-0.2, -0.15) is 0 Å². The second-order valence-corrected chi connectivity index (χ2v) is 5.12. The minimum absolute atomic E-state index is 0.00618. The minimum Gasteiger partial charge on any atom is -0.396 e. The van der Waals surface area contributed by atoms with Gasteiger partial charge in [0.15, 0.2) is 0 Å². The Balaban J connectivity index is 2.65. The van der Waals surface area contributed by atoms with Gasteiger partial charge in [0, 0.05) is 6.04 Å². The highest BCUT2D eigenvalue weighted by Gasteiger charge is 2.46. The summed E-state index contributed by atoms with van der Waals surface area (Å²) >= 11 is 0. The van der Waals surface area contributed by atoms with Crippen LogP contribution in [0.4, 0.5) is 0 Å². The van der Waals surface area contributed by atoms with Crippen LogP contribution in [-0.4, -0.2) is 50.0 Å². The van der Waals surface area contributed by atoms with E-state index in [4.69, 9.17) is 4.74 Å². The Morgan fingerprint density at radius 1 is 1.36 bits per heavy atom. The van der Waals surface area contributed by atoms with Gasteiger partial charge in [0.25, 0.3) is 0 Å². The van der Waals surface area contributed by atoms with E-state index in [9.17, 15) is 5.11 Å². The number of hydrogen-bond acceptors (Lipinski definition) is 3. The van der Waals surface area contributed by atoms with Gasteiger partial charge in [-0.25, -0.2) is 0 Å². The van der Waals surface area contributed by atoms with E-state index in [1.807, 2.05) is 0 Å². The van der Waals surface area contributed by atoms with Crippen molar-refractivity contribution in [2.24, 2.45) is 11.3 Å². The van der Waals surface area contributed by atoms with Gasteiger partial charge in [0.1, 0.15) is 0 Å². The molecular weight excluding hydrogens is 178 g/mol. The minimum atomic E-state index is -0.00618. The summed E-state index contributed by atoms with van der Waals surface area (Å²) in [5.41, 5.74) is -0.00618. The van der Waals surface area contributed by atoms with E-state index in [1.54, 1.807) is 0 Å². The Bertz CT molecular complexity index is 171. The van der Waals surface area contributed by atoms with Gasteiger partial charge in [-0.1, -0.05) is 13.8 Å². The molecule has 0 spiro atoms. The maximum atomic E-state index is 9.46. The average molecular weight is 201 g/mol. The van der Waals surface area contributed by atoms with Crippen LogP contribution in [0.15, 0.2) is 0 Å². The van der Waals surface area contributed by atoms with Crippen LogP contribution >= 0.6 is 0 Å². The van der Waals surface area contributed by atoms with Crippen molar-refractivity contribution in [3.8, 4) is 0 Å². The lowest BCUT2D eigenvalue weighted by Gasteiger charge is -2.49. The molecule has 14 heavy (non-hydrogen) atoms. The van der Waals surface area contributed by atoms with Gasteiger partial charge < -0.3 is 14.7 Å². The topological polar surface area (TPSA) is 32.7 Å². The van der Waals surface area contributed by atoms with Crippen LogP contribution in [-0.2, 0) is 4.74 Å². The highest BCUT2D eigenvalue weighted by molar-refractivity contribution is 4.96. The molecule has 1 N–H and O–H groups in total. The average Bonchev–Trinajstić information content (AvgIpc) is 2.00. The first-order valence-corrected chi connectivity index (χ1v) is 5.37. The monoisotopic (exact) mass is 201 g/mol. The largest absolute Gasteiger partial charge is 0.396 e. The van der Waals surface area contributed by atoms with Gasteiger partial charge in [-0.15, -0.1) is 0 Å². The molecule has 0 aromatic heterocycles. The first kappa shape index (κ1) is 12.0. The third-order valence-corrected chi connectivity index (χ3v) is 3.12. The Morgan fingerprint density at radius 3 is 2.14 bits per heavy atom. The molecule has 0 radical (unpaired) electrons. The summed E-state index contributed by atoms with van der Waals surface area (Å²) in [4.78, 5) is 2.22. The molecule has 1 aliphatic heterocycles. The summed E-state index contributed by atoms with van der Waals surface area (Å²) in [6.45, 7) is 6.10. The standard InChI is InChI=1S/C11H23NO2/c1-9(2)5-10(12(3)4)11(6-13)7-14-8-11/h9-10,13H,5-8H2,1-4H3. The smallest absolute Gasteiger partial charge is 0.0582 e. The number of rotatable bonds is 5. The summed E-state index contributed by atoms with van der Waals surface area (Å²) in [5, 5.41) is 9.46. The fraction of sp³-hybridized carbons (Fsp3) is 1.00. The molecule has 1 atom stereocenters. The van der Waals surface area contributed by atoms with Crippen LogP contribution in [0.5, 0.6) is 0 Å². The maximum absolute atomic E-state index is 9.46. The number of hydrogen-bond donors (Lipinski definition) is 1. The van der Waals surface area contributed by atoms with E-state index >= 15 is 0 Å². The zero-order chi connectivity index (χ0) is 10.8. The van der Waals surface area contributed by atoms with E-state index in [1.165, 1.54) is 0 Å². The van der Waals surface area contributed by atoms with Crippen molar-refractivity contribution in [3.63, 3.8) is 0 Å². The van der Waals surface area contributed by atoms with Crippen LogP contribution in [0.3, 0.4) is 0 Å². The van der Waals surface area contributed by atoms with E-state index in [0.29, 0.717) is 25.2 Å². The molecule has 0 aliphatic carbocycles. The molecule has 0 aromatic rings. The number of aliphatic hydroxyl groups excluding tert-OH is 1. The lowest BCUT2D eigenvalue weighted by atomic mass is 9.75. The first-order valence-electron chi connectivity index (χ1n) is 5.37. The normalized spacial score (nSPS) is 22.5. The zero-order valence-electron chi connectivity index (χ0n) is 9.79. The van der Waals surface area contributed by atoms with Crippen molar-refractivity contribution in [1.82, 2.24) is 4.90 Å². The Hall–Kier alpha value is -0.120. The molecule has 0 amide bonds. The van der Waals surface area contributed by atoms with E-state index in [-0.39, 0.29) is 12.0 Å². The molecule has 3 heteroatoms. The fourth-order valence-corrected chi connectivity index (χ4v) is 2.21. The van der Waals surface area contributed by atoms with Crippen molar-refractivity contribution in [1.29, 1.82) is 0 Å². The van der Waals surface area contributed by atoms with Crippen LogP contribution in [0.2, 0.25) is 0 Å². The van der Waals surface area contributed by atoms with Gasteiger partial charge in [0.2, 0.25) is 0 Å². The molecule has 3 nitrogen and oxygen atoms in total. The second-order valence-electron chi connectivity index (χ2n) is 5.12. The first-order chi connectivity index (χ1) is 6.52. The molecule has 1 fully saturated rings. The Morgan fingerprint density at radius 2 is 1.93 bits per heavy atom. The van der Waals surface area contributed by atoms with E-state index < -0.39 is 0 Å². The molecule has 0 bridgehead atoms. The van der Waals surface area contributed by atoms with Gasteiger partial charge in [-0.05, 0) is 26.4 Å². The Labute approximate surface area is 87.1 Å². The van der Waals surface area contributed by atoms with Gasteiger partial charge in [0.05, 0.1) is 25.2 Å². The van der Waals surface area contributed by atoms with E-state index in [0.717, 1.165) is 6.42 Å². The predicted octanol–water partition coefficient (Wildman–Crippen LogP) is 0.972. The lowest BCUT2D eigenvalue weighted by molar-refractivity contribution is -0.173. The molecule has 84 valence electrons. The maximum Gasteiger partial charge on any atom is 0.0582 e. The molecule has 0 aromatic carbocycles. The summed E-state index contributed by atoms with van der Waals surface area (Å²) in [5.74, 6) is 0.659. The third-order valence-electron chi connectivity index (χ3n) is 3.12. The number of nitrogens with zero attached hydrogens (tertiary/aromatic N) is 1. The van der Waals surface area contributed by atoms with Crippen LogP contribution in [0.1, 0.15) is 20.3 Å². The Kier molecular flexibility index (Phi) is 3.93. The SMILES string of the molecule is CC(C)CC(N(C)C)C1(CO)COC1. The second kappa shape index (κ2) is 4.60. The van der Waals surface area contributed by atoms with Crippen LogP contribution < -0.4 is 0 Å². The highest BCUT2D eigenvalue weighted by Crippen LogP contribution is 2.36. The predicted molar refractivity (Wildman–Crippen MR) is 57.3 cm³/mol. The molecule has 1 unspecified atom stereocenters. The number of aliphatic hydroxyl groups is 1. The quantitative estimate of drug-likeness (QED) is 0.719. The lowest BCUT2D eigenvalue weighted by Crippen LogP contribution is -2.59. The van der Waals surface area contributed by atoms with Crippen molar-refractivity contribution in [2.45, 2.75) is 26.3 Å². The number of ether oxygens (including phenoxy) is 1. The zero-order valence-corrected chi connectivity index (χ0v) is 9.79. The van der Waals surface area contributed by atoms with Crippen LogP contribution in [0.25, 0.3) is 0 Å². The van der Waals surface area contributed by atoms with Crippen molar-refractivity contribution >= 4 is 0 Å². The molecule has 1 saturated heterocycles. The molecule has 1 heterocycles. The third kappa shape index (κ3) is 2.27. The molecule has 1 rings (SSSR count). The highest BCUT2D eigenvalue weighted by atomic mass is 16.5. The summed E-state index contributed by atoms with van der Waals surface area (Å²) < 4.78 is 5.26. The van der Waals surface area contributed by atoms with Crippen molar-refractivity contribution < 1.29 is 9.84 Å². The summed E-state index contributed by atoms with van der Waals surface area (Å²) in [6.07, 6.45) is 1.12. The fourth-order valence-electron chi connectivity index (χ4n) is 2.21. The summed E-state index contributed by atoms with van der Waals surface area (Å²) in [6, 6.07) is 0.432. The van der Waals surface area contributed by atoms with Gasteiger partial charge in [-0.3, -0.25) is 0 Å². The van der Waals surface area contributed by atoms with Gasteiger partial charge >= 0.3 is 0 Å².